The van der Waals surface area contributed by atoms with Gasteiger partial charge in [0.05, 0.1) is 0 Å². The molecule has 0 unspecified atom stereocenters. The molecule has 0 aromatic heterocycles. The normalized spacial score (nSPS) is 26.7. The molecule has 2 aromatic carbocycles. The first-order valence-corrected chi connectivity index (χ1v) is 10.1. The van der Waals surface area contributed by atoms with E-state index in [1.54, 1.807) is 0 Å². The molecule has 0 amide bonds. The van der Waals surface area contributed by atoms with Crippen molar-refractivity contribution in [3.8, 4) is 0 Å². The molecule has 1 aliphatic carbocycles. The Bertz CT molecular complexity index is 800. The van der Waals surface area contributed by atoms with Gasteiger partial charge in [0, 0.05) is 6.42 Å². The predicted molar refractivity (Wildman–Crippen MR) is 105 cm³/mol. The standard InChI is InChI=1S/C23H26N2O2/c1-4-10-18(11-5-1)17-26-22-20-16-21(19-12-6-2-7-13-19)27-25(20)23(24-22)14-8-3-9-15-23/h1-2,4-7,10-13,20-21H,3,8-9,14-17H2/t20-,21-/m1/s1. The van der Waals surface area contributed by atoms with Crippen LogP contribution >= 0.6 is 0 Å². The van der Waals surface area contributed by atoms with Crippen LogP contribution in [0.2, 0.25) is 0 Å². The van der Waals surface area contributed by atoms with Crippen LogP contribution in [0.15, 0.2) is 65.7 Å². The van der Waals surface area contributed by atoms with Gasteiger partial charge in [0.2, 0.25) is 5.90 Å². The van der Waals surface area contributed by atoms with E-state index in [4.69, 9.17) is 14.6 Å². The summed E-state index contributed by atoms with van der Waals surface area (Å²) in [6, 6.07) is 21.0. The van der Waals surface area contributed by atoms with Crippen molar-refractivity contribution in [2.75, 3.05) is 0 Å². The SMILES string of the molecule is c1ccc(COC2=NC3(CCCCC3)N3O[C@@H](c4ccccc4)C[C@H]23)cc1. The van der Waals surface area contributed by atoms with Gasteiger partial charge in [0.1, 0.15) is 24.4 Å². The van der Waals surface area contributed by atoms with Crippen LogP contribution in [0.4, 0.5) is 0 Å². The van der Waals surface area contributed by atoms with E-state index in [0.29, 0.717) is 6.61 Å². The summed E-state index contributed by atoms with van der Waals surface area (Å²) in [6.45, 7) is 0.566. The van der Waals surface area contributed by atoms with Crippen molar-refractivity contribution in [2.24, 2.45) is 4.99 Å². The Balaban J connectivity index is 1.39. The summed E-state index contributed by atoms with van der Waals surface area (Å²) in [5, 5.41) is 2.18. The largest absolute Gasteiger partial charge is 0.475 e. The third kappa shape index (κ3) is 3.17. The van der Waals surface area contributed by atoms with E-state index in [2.05, 4.69) is 47.5 Å². The third-order valence-corrected chi connectivity index (χ3v) is 6.03. The fraction of sp³-hybridized carbons (Fsp3) is 0.435. The van der Waals surface area contributed by atoms with Crippen LogP contribution < -0.4 is 0 Å². The van der Waals surface area contributed by atoms with Gasteiger partial charge in [-0.3, -0.25) is 4.84 Å². The molecule has 1 saturated carbocycles. The Kier molecular flexibility index (Phi) is 4.46. The molecule has 4 heteroatoms. The Hall–Kier alpha value is -2.17. The van der Waals surface area contributed by atoms with Crippen LogP contribution in [0.25, 0.3) is 0 Å². The van der Waals surface area contributed by atoms with Crippen molar-refractivity contribution >= 4 is 5.90 Å². The van der Waals surface area contributed by atoms with Gasteiger partial charge in [-0.1, -0.05) is 67.1 Å². The van der Waals surface area contributed by atoms with Gasteiger partial charge in [0.25, 0.3) is 0 Å². The van der Waals surface area contributed by atoms with E-state index < -0.39 is 0 Å². The van der Waals surface area contributed by atoms with E-state index >= 15 is 0 Å². The zero-order valence-corrected chi connectivity index (χ0v) is 15.6. The summed E-state index contributed by atoms with van der Waals surface area (Å²) in [5.74, 6) is 0.860. The average Bonchev–Trinajstić information content (AvgIpc) is 3.29. The monoisotopic (exact) mass is 362 g/mol. The van der Waals surface area contributed by atoms with E-state index in [-0.39, 0.29) is 17.8 Å². The molecule has 0 N–H and O–H groups in total. The molecule has 5 rings (SSSR count). The highest BCUT2D eigenvalue weighted by molar-refractivity contribution is 5.84. The van der Waals surface area contributed by atoms with Crippen LogP contribution in [0.5, 0.6) is 0 Å². The van der Waals surface area contributed by atoms with E-state index in [1.807, 2.05) is 18.2 Å². The van der Waals surface area contributed by atoms with Gasteiger partial charge in [-0.25, -0.2) is 4.99 Å². The summed E-state index contributed by atoms with van der Waals surface area (Å²) in [5.41, 5.74) is 2.19. The van der Waals surface area contributed by atoms with Crippen LogP contribution in [0, 0.1) is 0 Å². The van der Waals surface area contributed by atoms with Crippen LogP contribution in [-0.4, -0.2) is 22.7 Å². The van der Waals surface area contributed by atoms with Crippen molar-refractivity contribution < 1.29 is 9.57 Å². The van der Waals surface area contributed by atoms with E-state index in [9.17, 15) is 0 Å². The van der Waals surface area contributed by atoms with Gasteiger partial charge in [-0.15, -0.1) is 5.06 Å². The molecule has 4 nitrogen and oxygen atoms in total. The highest BCUT2D eigenvalue weighted by Gasteiger charge is 2.55. The lowest BCUT2D eigenvalue weighted by Gasteiger charge is -2.37. The maximum Gasteiger partial charge on any atom is 0.206 e. The minimum absolute atomic E-state index is 0.0841. The first-order valence-electron chi connectivity index (χ1n) is 10.1. The average molecular weight is 362 g/mol. The van der Waals surface area contributed by atoms with E-state index in [1.165, 1.54) is 30.4 Å². The highest BCUT2D eigenvalue weighted by atomic mass is 16.7. The summed E-state index contributed by atoms with van der Waals surface area (Å²) in [4.78, 5) is 11.6. The summed E-state index contributed by atoms with van der Waals surface area (Å²) >= 11 is 0. The smallest absolute Gasteiger partial charge is 0.206 e. The topological polar surface area (TPSA) is 34.1 Å². The number of fused-ring (bicyclic) bond motifs is 2. The summed E-state index contributed by atoms with van der Waals surface area (Å²) in [7, 11) is 0. The number of rotatable bonds is 3. The molecule has 2 heterocycles. The molecule has 140 valence electrons. The lowest BCUT2D eigenvalue weighted by molar-refractivity contribution is -0.218. The number of hydrogen-bond acceptors (Lipinski definition) is 4. The minimum atomic E-state index is -0.224. The van der Waals surface area contributed by atoms with Gasteiger partial charge < -0.3 is 4.74 Å². The summed E-state index contributed by atoms with van der Waals surface area (Å²) < 4.78 is 6.24. The molecule has 1 spiro atoms. The molecule has 2 aromatic rings. The maximum atomic E-state index is 6.49. The first kappa shape index (κ1) is 17.0. The van der Waals surface area contributed by atoms with Crippen molar-refractivity contribution in [3.05, 3.63) is 71.8 Å². The van der Waals surface area contributed by atoms with Crippen molar-refractivity contribution in [1.82, 2.24) is 5.06 Å². The second kappa shape index (κ2) is 7.10. The number of aliphatic imine (C=N–C) groups is 1. The highest BCUT2D eigenvalue weighted by Crippen LogP contribution is 2.48. The van der Waals surface area contributed by atoms with Gasteiger partial charge >= 0.3 is 0 Å². The molecule has 2 fully saturated rings. The molecule has 3 aliphatic rings. The lowest BCUT2D eigenvalue weighted by atomic mass is 9.89. The Morgan fingerprint density at radius 3 is 2.41 bits per heavy atom. The second-order valence-electron chi connectivity index (χ2n) is 7.85. The third-order valence-electron chi connectivity index (χ3n) is 6.03. The number of benzene rings is 2. The van der Waals surface area contributed by atoms with Gasteiger partial charge in [-0.2, -0.15) is 0 Å². The molecule has 27 heavy (non-hydrogen) atoms. The zero-order valence-electron chi connectivity index (χ0n) is 15.6. The zero-order chi connectivity index (χ0) is 18.1. The number of nitrogens with zero attached hydrogens (tertiary/aromatic N) is 2. The molecule has 1 saturated heterocycles. The quantitative estimate of drug-likeness (QED) is 0.768. The molecule has 2 atom stereocenters. The van der Waals surface area contributed by atoms with Crippen molar-refractivity contribution in [1.29, 1.82) is 0 Å². The Morgan fingerprint density at radius 1 is 0.963 bits per heavy atom. The lowest BCUT2D eigenvalue weighted by Crippen LogP contribution is -2.46. The molecular formula is C23H26N2O2. The fourth-order valence-electron chi connectivity index (χ4n) is 4.65. The summed E-state index contributed by atoms with van der Waals surface area (Å²) in [6.07, 6.45) is 6.81. The second-order valence-corrected chi connectivity index (χ2v) is 7.85. The van der Waals surface area contributed by atoms with Crippen LogP contribution in [0.3, 0.4) is 0 Å². The minimum Gasteiger partial charge on any atom is -0.475 e. The van der Waals surface area contributed by atoms with Crippen molar-refractivity contribution in [2.45, 2.75) is 62.9 Å². The van der Waals surface area contributed by atoms with Gasteiger partial charge in [-0.05, 0) is 36.8 Å². The number of hydroxylamine groups is 2. The number of hydrogen-bond donors (Lipinski definition) is 0. The van der Waals surface area contributed by atoms with Crippen LogP contribution in [-0.2, 0) is 16.2 Å². The van der Waals surface area contributed by atoms with Gasteiger partial charge in [0.15, 0.2) is 0 Å². The Morgan fingerprint density at radius 2 is 1.67 bits per heavy atom. The first-order chi connectivity index (χ1) is 13.3. The predicted octanol–water partition coefficient (Wildman–Crippen LogP) is 5.02. The van der Waals surface area contributed by atoms with Crippen LogP contribution in [0.1, 0.15) is 55.8 Å². The molecule has 0 bridgehead atoms. The van der Waals surface area contributed by atoms with E-state index in [0.717, 1.165) is 25.2 Å². The molecule has 0 radical (unpaired) electrons. The van der Waals surface area contributed by atoms with Crippen molar-refractivity contribution in [3.63, 3.8) is 0 Å². The fourth-order valence-corrected chi connectivity index (χ4v) is 4.65. The number of ether oxygens (including phenoxy) is 1. The Labute approximate surface area is 160 Å². The maximum absolute atomic E-state index is 6.49. The molecular weight excluding hydrogens is 336 g/mol. The molecule has 2 aliphatic heterocycles.